The molecule has 6 heteroatoms. The van der Waals surface area contributed by atoms with E-state index in [4.69, 9.17) is 5.73 Å². The minimum absolute atomic E-state index is 0.103. The topological polar surface area (TPSA) is 43.8 Å². The average molecular weight is 324 g/mol. The predicted molar refractivity (Wildman–Crippen MR) is 73.1 cm³/mol. The van der Waals surface area contributed by atoms with Gasteiger partial charge < -0.3 is 5.73 Å². The van der Waals surface area contributed by atoms with Crippen LogP contribution in [-0.2, 0) is 0 Å². The fraction of sp³-hybridized carbons (Fsp3) is 0. The molecular formula is C13H8BrF2N3. The number of para-hydroxylation sites is 1. The maximum atomic E-state index is 14.0. The summed E-state index contributed by atoms with van der Waals surface area (Å²) >= 11 is 3.28. The van der Waals surface area contributed by atoms with E-state index in [1.165, 1.54) is 28.8 Å². The van der Waals surface area contributed by atoms with Crippen molar-refractivity contribution < 1.29 is 8.78 Å². The van der Waals surface area contributed by atoms with Crippen molar-refractivity contribution in [2.45, 2.75) is 0 Å². The normalized spacial score (nSPS) is 11.1. The number of halogens is 3. The molecule has 0 atom stereocenters. The van der Waals surface area contributed by atoms with Gasteiger partial charge >= 0.3 is 0 Å². The molecule has 1 aromatic heterocycles. The van der Waals surface area contributed by atoms with Crippen LogP contribution in [0.5, 0.6) is 0 Å². The molecule has 0 spiro atoms. The molecule has 0 aliphatic heterocycles. The van der Waals surface area contributed by atoms with E-state index < -0.39 is 11.6 Å². The third kappa shape index (κ3) is 1.88. The van der Waals surface area contributed by atoms with Crippen molar-refractivity contribution >= 4 is 32.9 Å². The lowest BCUT2D eigenvalue weighted by molar-refractivity contribution is 0.619. The van der Waals surface area contributed by atoms with E-state index >= 15 is 0 Å². The van der Waals surface area contributed by atoms with Gasteiger partial charge in [0.2, 0.25) is 5.95 Å². The van der Waals surface area contributed by atoms with Gasteiger partial charge in [-0.1, -0.05) is 6.07 Å². The number of hydrogen-bond acceptors (Lipinski definition) is 2. The van der Waals surface area contributed by atoms with E-state index in [0.29, 0.717) is 15.5 Å². The molecular weight excluding hydrogens is 316 g/mol. The van der Waals surface area contributed by atoms with Gasteiger partial charge in [-0.2, -0.15) is 0 Å². The Balaban J connectivity index is 2.40. The quantitative estimate of drug-likeness (QED) is 0.742. The lowest BCUT2D eigenvalue weighted by Gasteiger charge is -2.09. The number of hydrogen-bond donors (Lipinski definition) is 1. The van der Waals surface area contributed by atoms with Crippen molar-refractivity contribution in [1.29, 1.82) is 0 Å². The second-order valence-corrected chi connectivity index (χ2v) is 4.86. The van der Waals surface area contributed by atoms with Crippen molar-refractivity contribution in [3.63, 3.8) is 0 Å². The number of benzene rings is 2. The van der Waals surface area contributed by atoms with Crippen molar-refractivity contribution in [2.24, 2.45) is 0 Å². The first kappa shape index (κ1) is 12.1. The molecule has 3 aromatic rings. The van der Waals surface area contributed by atoms with Crippen LogP contribution in [0.3, 0.4) is 0 Å². The summed E-state index contributed by atoms with van der Waals surface area (Å²) in [4.78, 5) is 4.05. The van der Waals surface area contributed by atoms with E-state index in [-0.39, 0.29) is 11.6 Å². The van der Waals surface area contributed by atoms with Gasteiger partial charge in [-0.3, -0.25) is 4.57 Å². The van der Waals surface area contributed by atoms with Crippen LogP contribution in [0.15, 0.2) is 40.9 Å². The molecule has 0 aliphatic carbocycles. The Bertz CT molecular complexity index is 763. The van der Waals surface area contributed by atoms with Crippen LogP contribution in [0.2, 0.25) is 0 Å². The van der Waals surface area contributed by atoms with Crippen LogP contribution in [-0.4, -0.2) is 9.55 Å². The summed E-state index contributed by atoms with van der Waals surface area (Å²) in [5.74, 6) is -0.749. The van der Waals surface area contributed by atoms with E-state index in [0.717, 1.165) is 0 Å². The lowest BCUT2D eigenvalue weighted by Crippen LogP contribution is -2.03. The average Bonchev–Trinajstić information content (AvgIpc) is 2.65. The first-order valence-electron chi connectivity index (χ1n) is 5.46. The Morgan fingerprint density at radius 1 is 1.16 bits per heavy atom. The van der Waals surface area contributed by atoms with Gasteiger partial charge in [0.1, 0.15) is 11.6 Å². The van der Waals surface area contributed by atoms with Crippen LogP contribution in [0.1, 0.15) is 0 Å². The summed E-state index contributed by atoms with van der Waals surface area (Å²) < 4.78 is 29.2. The summed E-state index contributed by atoms with van der Waals surface area (Å²) in [6, 6.07) is 8.68. The second kappa shape index (κ2) is 4.31. The summed E-state index contributed by atoms with van der Waals surface area (Å²) in [6.07, 6.45) is 0. The zero-order valence-electron chi connectivity index (χ0n) is 9.57. The SMILES string of the molecule is Nc1nc2cc(F)ccc2n1-c1c(F)cccc1Br. The smallest absolute Gasteiger partial charge is 0.206 e. The van der Waals surface area contributed by atoms with E-state index in [2.05, 4.69) is 20.9 Å². The first-order valence-corrected chi connectivity index (χ1v) is 6.25. The molecule has 0 unspecified atom stereocenters. The number of anilines is 1. The van der Waals surface area contributed by atoms with Crippen molar-refractivity contribution in [2.75, 3.05) is 5.73 Å². The Morgan fingerprint density at radius 2 is 1.95 bits per heavy atom. The summed E-state index contributed by atoms with van der Waals surface area (Å²) in [5, 5.41) is 0. The maximum Gasteiger partial charge on any atom is 0.206 e. The summed E-state index contributed by atoms with van der Waals surface area (Å²) in [7, 11) is 0. The zero-order chi connectivity index (χ0) is 13.6. The van der Waals surface area contributed by atoms with Crippen LogP contribution in [0.25, 0.3) is 16.7 Å². The standard InChI is InChI=1S/C13H8BrF2N3/c14-8-2-1-3-9(16)12(8)19-11-5-4-7(15)6-10(11)18-13(19)17/h1-6H,(H2,17,18). The predicted octanol–water partition coefficient (Wildman–Crippen LogP) is 3.65. The van der Waals surface area contributed by atoms with Crippen LogP contribution in [0.4, 0.5) is 14.7 Å². The molecule has 96 valence electrons. The highest BCUT2D eigenvalue weighted by Gasteiger charge is 2.16. The molecule has 2 N–H and O–H groups in total. The Kier molecular flexibility index (Phi) is 2.74. The first-order chi connectivity index (χ1) is 9.08. The summed E-state index contributed by atoms with van der Waals surface area (Å²) in [6.45, 7) is 0. The second-order valence-electron chi connectivity index (χ2n) is 4.01. The minimum atomic E-state index is -0.440. The fourth-order valence-electron chi connectivity index (χ4n) is 2.01. The lowest BCUT2D eigenvalue weighted by atomic mass is 10.2. The third-order valence-corrected chi connectivity index (χ3v) is 3.44. The number of rotatable bonds is 1. The summed E-state index contributed by atoms with van der Waals surface area (Å²) in [5.41, 5.74) is 7.00. The van der Waals surface area contributed by atoms with Crippen LogP contribution in [0, 0.1) is 11.6 Å². The molecule has 3 nitrogen and oxygen atoms in total. The Labute approximate surface area is 115 Å². The van der Waals surface area contributed by atoms with Crippen LogP contribution < -0.4 is 5.73 Å². The Morgan fingerprint density at radius 3 is 2.68 bits per heavy atom. The third-order valence-electron chi connectivity index (χ3n) is 2.80. The fourth-order valence-corrected chi connectivity index (χ4v) is 2.53. The van der Waals surface area contributed by atoms with Crippen molar-refractivity contribution in [3.05, 3.63) is 52.5 Å². The van der Waals surface area contributed by atoms with Gasteiger partial charge in [-0.15, -0.1) is 0 Å². The molecule has 0 fully saturated rings. The zero-order valence-corrected chi connectivity index (χ0v) is 11.2. The molecule has 0 saturated carbocycles. The van der Waals surface area contributed by atoms with Crippen molar-refractivity contribution in [3.8, 4) is 5.69 Å². The number of nitrogen functional groups attached to an aromatic ring is 1. The number of imidazole rings is 1. The van der Waals surface area contributed by atoms with Crippen LogP contribution >= 0.6 is 15.9 Å². The molecule has 0 saturated heterocycles. The molecule has 0 bridgehead atoms. The van der Waals surface area contributed by atoms with E-state index in [1.54, 1.807) is 12.1 Å². The monoisotopic (exact) mass is 323 g/mol. The van der Waals surface area contributed by atoms with Gasteiger partial charge in [0.05, 0.1) is 16.7 Å². The highest BCUT2D eigenvalue weighted by molar-refractivity contribution is 9.10. The highest BCUT2D eigenvalue weighted by atomic mass is 79.9. The molecule has 0 aliphatic rings. The van der Waals surface area contributed by atoms with Gasteiger partial charge in [0.15, 0.2) is 0 Å². The van der Waals surface area contributed by atoms with Gasteiger partial charge in [-0.25, -0.2) is 13.8 Å². The molecule has 0 radical (unpaired) electrons. The molecule has 1 heterocycles. The minimum Gasteiger partial charge on any atom is -0.369 e. The molecule has 3 rings (SSSR count). The van der Waals surface area contributed by atoms with Crippen molar-refractivity contribution in [1.82, 2.24) is 9.55 Å². The number of aromatic nitrogens is 2. The molecule has 2 aromatic carbocycles. The molecule has 19 heavy (non-hydrogen) atoms. The molecule has 0 amide bonds. The number of nitrogens with zero attached hydrogens (tertiary/aromatic N) is 2. The van der Waals surface area contributed by atoms with Gasteiger partial charge in [-0.05, 0) is 40.2 Å². The number of fused-ring (bicyclic) bond motifs is 1. The highest BCUT2D eigenvalue weighted by Crippen LogP contribution is 2.30. The van der Waals surface area contributed by atoms with E-state index in [9.17, 15) is 8.78 Å². The number of nitrogens with two attached hydrogens (primary N) is 1. The Hall–Kier alpha value is -1.95. The van der Waals surface area contributed by atoms with Gasteiger partial charge in [0, 0.05) is 10.5 Å². The maximum absolute atomic E-state index is 14.0. The van der Waals surface area contributed by atoms with Gasteiger partial charge in [0.25, 0.3) is 0 Å². The van der Waals surface area contributed by atoms with E-state index in [1.807, 2.05) is 0 Å². The largest absolute Gasteiger partial charge is 0.369 e.